The Balaban J connectivity index is 2.07. The average molecular weight is 881 g/mol. The summed E-state index contributed by atoms with van der Waals surface area (Å²) in [5, 5.41) is 0. The number of fused-ring (bicyclic) bond motifs is 8. The quantitative estimate of drug-likeness (QED) is 0.0645. The Labute approximate surface area is 386 Å². The van der Waals surface area contributed by atoms with E-state index in [1.807, 2.05) is 0 Å². The van der Waals surface area contributed by atoms with Crippen LogP contribution in [-0.4, -0.2) is 56.9 Å². The molecule has 64 heavy (non-hydrogen) atoms. The largest absolute Gasteiger partial charge is 0.496 e. The molecule has 0 amide bonds. The van der Waals surface area contributed by atoms with Crippen molar-refractivity contribution in [3.63, 3.8) is 0 Å². The lowest BCUT2D eigenvalue weighted by atomic mass is 9.76. The maximum atomic E-state index is 6.37. The standard InChI is InChI=1S/C56H80O8/c1-13-17-21-25-37-41-29-43(51(59-7)33-49(41)57-5)38(26-22-18-14-2)45-31-47(55(63-11)35-53(45)61-9)40(28-24-20-16-4)48-32-46(54(62-10)36-56(48)64-12)39(27-23-19-15-3)44-30-42(37)50(58-6)34-52(44)60-8/h29-40H,13-28H2,1-12H3. The van der Waals surface area contributed by atoms with Crippen LogP contribution in [0.1, 0.15) is 199 Å². The number of ether oxygens (including phenoxy) is 8. The van der Waals surface area contributed by atoms with E-state index in [1.165, 1.54) is 0 Å². The normalized spacial score (nSPS) is 16.8. The molecular weight excluding hydrogens is 801 g/mol. The number of hydrogen-bond donors (Lipinski definition) is 0. The summed E-state index contributed by atoms with van der Waals surface area (Å²) in [6.45, 7) is 9.06. The second-order valence-electron chi connectivity index (χ2n) is 17.5. The minimum Gasteiger partial charge on any atom is -0.496 e. The molecule has 4 aromatic rings. The number of benzene rings is 4. The molecule has 0 fully saturated rings. The number of rotatable bonds is 24. The lowest BCUT2D eigenvalue weighted by Gasteiger charge is -2.31. The smallest absolute Gasteiger partial charge is 0.126 e. The van der Waals surface area contributed by atoms with E-state index in [-0.39, 0.29) is 23.7 Å². The van der Waals surface area contributed by atoms with E-state index < -0.39 is 0 Å². The topological polar surface area (TPSA) is 73.8 Å². The van der Waals surface area contributed by atoms with Gasteiger partial charge in [-0.3, -0.25) is 0 Å². The van der Waals surface area contributed by atoms with Crippen LogP contribution >= 0.6 is 0 Å². The number of hydrogen-bond acceptors (Lipinski definition) is 8. The summed E-state index contributed by atoms with van der Waals surface area (Å²) in [6.07, 6.45) is 16.7. The maximum Gasteiger partial charge on any atom is 0.126 e. The summed E-state index contributed by atoms with van der Waals surface area (Å²) < 4.78 is 50.9. The highest BCUT2D eigenvalue weighted by Gasteiger charge is 2.34. The van der Waals surface area contributed by atoms with Gasteiger partial charge in [-0.15, -0.1) is 0 Å². The summed E-state index contributed by atoms with van der Waals surface area (Å²) >= 11 is 0. The van der Waals surface area contributed by atoms with Crippen LogP contribution in [0.4, 0.5) is 0 Å². The van der Waals surface area contributed by atoms with Gasteiger partial charge >= 0.3 is 0 Å². The van der Waals surface area contributed by atoms with Crippen molar-refractivity contribution in [1.29, 1.82) is 0 Å². The highest BCUT2D eigenvalue weighted by Crippen LogP contribution is 2.53. The van der Waals surface area contributed by atoms with Crippen LogP contribution in [0.5, 0.6) is 46.0 Å². The summed E-state index contributed by atoms with van der Waals surface area (Å²) in [5.74, 6) is 6.16. The van der Waals surface area contributed by atoms with Crippen LogP contribution in [0.3, 0.4) is 0 Å². The first-order chi connectivity index (χ1) is 31.2. The summed E-state index contributed by atoms with van der Waals surface area (Å²) in [5.41, 5.74) is 8.95. The van der Waals surface area contributed by atoms with Crippen LogP contribution < -0.4 is 37.9 Å². The zero-order valence-electron chi connectivity index (χ0n) is 41.5. The minimum absolute atomic E-state index is 0.0594. The second-order valence-corrected chi connectivity index (χ2v) is 17.5. The second kappa shape index (κ2) is 25.1. The Morgan fingerprint density at radius 2 is 0.406 bits per heavy atom. The molecule has 0 N–H and O–H groups in total. The third kappa shape index (κ3) is 11.2. The predicted octanol–water partition coefficient (Wildman–Crippen LogP) is 14.9. The van der Waals surface area contributed by atoms with Crippen molar-refractivity contribution in [2.75, 3.05) is 56.9 Å². The van der Waals surface area contributed by atoms with E-state index in [2.05, 4.69) is 76.2 Å². The SMILES string of the molecule is CCCCCC1c2cc(c(OC)cc2OC)C(CCCCC)c2cc(c(OC)cc2OC)C(CCCCC)c2cc(c(OC)cc2OC)C(CCCCC)c2cc1c(OC)cc2OC. The molecule has 0 heterocycles. The van der Waals surface area contributed by atoms with Crippen LogP contribution in [0.25, 0.3) is 0 Å². The van der Waals surface area contributed by atoms with Gasteiger partial charge in [0.25, 0.3) is 0 Å². The van der Waals surface area contributed by atoms with Gasteiger partial charge in [-0.25, -0.2) is 0 Å². The van der Waals surface area contributed by atoms with Crippen molar-refractivity contribution in [3.8, 4) is 46.0 Å². The first-order valence-corrected chi connectivity index (χ1v) is 24.3. The predicted molar refractivity (Wildman–Crippen MR) is 262 cm³/mol. The van der Waals surface area contributed by atoms with Gasteiger partial charge in [0.15, 0.2) is 0 Å². The third-order valence-corrected chi connectivity index (χ3v) is 13.7. The van der Waals surface area contributed by atoms with E-state index in [1.54, 1.807) is 56.9 Å². The Bertz CT molecular complexity index is 1670. The highest BCUT2D eigenvalue weighted by atomic mass is 16.5. The molecule has 5 rings (SSSR count). The third-order valence-electron chi connectivity index (χ3n) is 13.7. The lowest BCUT2D eigenvalue weighted by Crippen LogP contribution is -2.15. The molecule has 1 aliphatic carbocycles. The molecule has 8 heteroatoms. The van der Waals surface area contributed by atoms with E-state index in [0.29, 0.717) is 0 Å². The minimum atomic E-state index is -0.0594. The van der Waals surface area contributed by atoms with Crippen molar-refractivity contribution in [3.05, 3.63) is 93.0 Å². The van der Waals surface area contributed by atoms with Crippen molar-refractivity contribution in [1.82, 2.24) is 0 Å². The first kappa shape index (κ1) is 50.3. The molecule has 0 saturated carbocycles. The Hall–Kier alpha value is -4.72. The molecule has 0 aliphatic heterocycles. The van der Waals surface area contributed by atoms with Crippen LogP contribution in [0.2, 0.25) is 0 Å². The van der Waals surface area contributed by atoms with Gasteiger partial charge in [0.1, 0.15) is 46.0 Å². The molecule has 8 bridgehead atoms. The Morgan fingerprint density at radius 3 is 0.531 bits per heavy atom. The van der Waals surface area contributed by atoms with Gasteiger partial charge in [-0.05, 0) is 49.9 Å². The summed E-state index contributed by atoms with van der Waals surface area (Å²) in [4.78, 5) is 0. The molecule has 352 valence electrons. The van der Waals surface area contributed by atoms with Gasteiger partial charge < -0.3 is 37.9 Å². The van der Waals surface area contributed by atoms with Crippen LogP contribution in [0, 0.1) is 0 Å². The van der Waals surface area contributed by atoms with E-state index >= 15 is 0 Å². The van der Waals surface area contributed by atoms with Gasteiger partial charge in [-0.1, -0.05) is 105 Å². The van der Waals surface area contributed by atoms with Gasteiger partial charge in [0, 0.05) is 92.4 Å². The fourth-order valence-electron chi connectivity index (χ4n) is 10.3. The molecule has 0 unspecified atom stereocenters. The highest BCUT2D eigenvalue weighted by molar-refractivity contribution is 5.63. The van der Waals surface area contributed by atoms with E-state index in [0.717, 1.165) is 193 Å². The average Bonchev–Trinajstić information content (AvgIpc) is 3.33. The molecule has 0 radical (unpaired) electrons. The number of unbranched alkanes of at least 4 members (excludes halogenated alkanes) is 8. The van der Waals surface area contributed by atoms with Crippen molar-refractivity contribution < 1.29 is 37.9 Å². The summed E-state index contributed by atoms with van der Waals surface area (Å²) in [7, 11) is 14.2. The Morgan fingerprint density at radius 1 is 0.250 bits per heavy atom. The van der Waals surface area contributed by atoms with Crippen molar-refractivity contribution in [2.24, 2.45) is 0 Å². The maximum absolute atomic E-state index is 6.37. The lowest BCUT2D eigenvalue weighted by molar-refractivity contribution is 0.372. The molecular formula is C56H80O8. The van der Waals surface area contributed by atoms with Gasteiger partial charge in [0.2, 0.25) is 0 Å². The Kier molecular flexibility index (Phi) is 19.7. The van der Waals surface area contributed by atoms with Crippen molar-refractivity contribution >= 4 is 0 Å². The molecule has 4 aromatic carbocycles. The monoisotopic (exact) mass is 881 g/mol. The van der Waals surface area contributed by atoms with E-state index in [9.17, 15) is 0 Å². The van der Waals surface area contributed by atoms with Crippen LogP contribution in [-0.2, 0) is 0 Å². The molecule has 8 nitrogen and oxygen atoms in total. The molecule has 0 aromatic heterocycles. The van der Waals surface area contributed by atoms with Crippen LogP contribution in [0.15, 0.2) is 48.5 Å². The first-order valence-electron chi connectivity index (χ1n) is 24.3. The van der Waals surface area contributed by atoms with Gasteiger partial charge in [0.05, 0.1) is 56.9 Å². The molecule has 0 spiro atoms. The van der Waals surface area contributed by atoms with E-state index in [4.69, 9.17) is 37.9 Å². The summed E-state index contributed by atoms with van der Waals surface area (Å²) in [6, 6.07) is 18.0. The van der Waals surface area contributed by atoms with Crippen molar-refractivity contribution in [2.45, 2.75) is 154 Å². The zero-order valence-corrected chi connectivity index (χ0v) is 41.5. The molecule has 0 saturated heterocycles. The fraction of sp³-hybridized carbons (Fsp3) is 0.571. The fourth-order valence-corrected chi connectivity index (χ4v) is 10.3. The molecule has 0 atom stereocenters. The zero-order chi connectivity index (χ0) is 46.2. The molecule has 1 aliphatic rings. The van der Waals surface area contributed by atoms with Gasteiger partial charge in [-0.2, -0.15) is 0 Å². The number of methoxy groups -OCH3 is 8.